The summed E-state index contributed by atoms with van der Waals surface area (Å²) in [5.74, 6) is 0. The molecule has 0 unspecified atom stereocenters. The molecule has 3 aromatic carbocycles. The van der Waals surface area contributed by atoms with E-state index in [9.17, 15) is 36.0 Å². The molecule has 0 aliphatic heterocycles. The van der Waals surface area contributed by atoms with Crippen molar-refractivity contribution < 1.29 is 25.4 Å². The van der Waals surface area contributed by atoms with Crippen LogP contribution in [0.1, 0.15) is 0 Å². The van der Waals surface area contributed by atoms with Crippen LogP contribution in [0, 0.1) is 0 Å². The lowest BCUT2D eigenvalue weighted by Crippen LogP contribution is -2.36. The number of fused-ring (bicyclic) bond motifs is 4. The Balaban J connectivity index is 1.33. The van der Waals surface area contributed by atoms with Gasteiger partial charge in [-0.1, -0.05) is 45.9 Å². The first-order valence-corrected chi connectivity index (χ1v) is 15.3. The second kappa shape index (κ2) is 9.38. The Morgan fingerprint density at radius 1 is 0.500 bits per heavy atom. The third-order valence-corrected chi connectivity index (χ3v) is 9.32. The molecule has 0 N–H and O–H groups in total. The number of benzene rings is 3. The number of hydrogen-bond donors (Lipinski definition) is 0. The zero-order valence-corrected chi connectivity index (χ0v) is 23.4. The molecule has 0 aliphatic rings. The highest BCUT2D eigenvalue weighted by Gasteiger charge is 2.28. The summed E-state index contributed by atoms with van der Waals surface area (Å²) in [5.41, 5.74) is -4.87. The second-order valence-corrected chi connectivity index (χ2v) is 12.5. The number of hydrogen-bond acceptors (Lipinski definition) is 12. The average molecular weight is 631 g/mol. The first-order valence-electron chi connectivity index (χ1n) is 12.5. The molecule has 218 valence electrons. The van der Waals surface area contributed by atoms with E-state index in [1.807, 2.05) is 0 Å². The van der Waals surface area contributed by atoms with Crippen LogP contribution in [0.25, 0.3) is 43.4 Å². The van der Waals surface area contributed by atoms with Crippen molar-refractivity contribution in [2.45, 2.75) is 9.79 Å². The Morgan fingerprint density at radius 2 is 0.841 bits per heavy atom. The lowest BCUT2D eigenvalue weighted by atomic mass is 10.1. The Hall–Kier alpha value is -5.74. The molecule has 14 nitrogen and oxygen atoms in total. The highest BCUT2D eigenvalue weighted by atomic mass is 32.2. The molecule has 0 saturated carbocycles. The van der Waals surface area contributed by atoms with Crippen LogP contribution in [-0.2, 0) is 20.2 Å². The molecule has 0 saturated heterocycles. The molecule has 4 heterocycles. The predicted molar refractivity (Wildman–Crippen MR) is 156 cm³/mol. The van der Waals surface area contributed by atoms with Crippen LogP contribution in [0.4, 0.5) is 0 Å². The molecular formula is C28H14N4O10S2. The maximum Gasteiger partial charge on any atom is 0.359 e. The highest BCUT2D eigenvalue weighted by Crippen LogP contribution is 2.23. The van der Waals surface area contributed by atoms with Gasteiger partial charge in [-0.25, -0.2) is 0 Å². The molecule has 0 aliphatic carbocycles. The number of nitrogens with zero attached hydrogens (tertiary/aromatic N) is 4. The van der Waals surface area contributed by atoms with Gasteiger partial charge in [0.1, 0.15) is 9.79 Å². The minimum absolute atomic E-state index is 0.00185. The molecule has 0 bridgehead atoms. The van der Waals surface area contributed by atoms with Gasteiger partial charge in [0.15, 0.2) is 0 Å². The van der Waals surface area contributed by atoms with Crippen LogP contribution < -0.4 is 30.8 Å². The van der Waals surface area contributed by atoms with Crippen molar-refractivity contribution in [3.05, 3.63) is 127 Å². The summed E-state index contributed by atoms with van der Waals surface area (Å²) in [6.45, 7) is 0. The summed E-state index contributed by atoms with van der Waals surface area (Å²) in [5, 5.41) is -0.904. The van der Waals surface area contributed by atoms with Gasteiger partial charge in [-0.3, -0.25) is 37.7 Å². The van der Waals surface area contributed by atoms with E-state index in [1.54, 1.807) is 36.4 Å². The fourth-order valence-electron chi connectivity index (χ4n) is 4.90. The lowest BCUT2D eigenvalue weighted by molar-refractivity contribution is 0.263. The van der Waals surface area contributed by atoms with Gasteiger partial charge in [0.25, 0.3) is 22.2 Å². The van der Waals surface area contributed by atoms with Gasteiger partial charge in [-0.15, -0.1) is 0 Å². The minimum Gasteiger partial charge on any atom is -0.277 e. The van der Waals surface area contributed by atoms with Crippen LogP contribution in [-0.4, -0.2) is 36.3 Å². The Morgan fingerprint density at radius 3 is 1.20 bits per heavy atom. The normalized spacial score (nSPS) is 12.4. The summed E-state index contributed by atoms with van der Waals surface area (Å²) in [4.78, 5) is 59.8. The van der Waals surface area contributed by atoms with E-state index in [4.69, 9.17) is 8.57 Å². The van der Waals surface area contributed by atoms with Crippen LogP contribution in [0.5, 0.6) is 0 Å². The van der Waals surface area contributed by atoms with Crippen molar-refractivity contribution in [1.29, 1.82) is 0 Å². The summed E-state index contributed by atoms with van der Waals surface area (Å²) >= 11 is 0. The molecular weight excluding hydrogens is 616 g/mol. The van der Waals surface area contributed by atoms with Crippen molar-refractivity contribution in [2.24, 2.45) is 0 Å². The Kier molecular flexibility index (Phi) is 5.78. The van der Waals surface area contributed by atoms with Crippen LogP contribution in [0.15, 0.2) is 114 Å². The van der Waals surface area contributed by atoms with E-state index in [-0.39, 0.29) is 20.5 Å². The summed E-state index contributed by atoms with van der Waals surface area (Å²) < 4.78 is 62.4. The van der Waals surface area contributed by atoms with Gasteiger partial charge in [0.2, 0.25) is 0 Å². The molecule has 4 aromatic heterocycles. The SMILES string of the molecule is O=c1c2cc3c(=O)n(OS(=O)(=O)c4cccc5cccnc45)c(=O)c3cc2c(=O)n1OS(=O)(=O)c1cccc2cccnc12. The van der Waals surface area contributed by atoms with Gasteiger partial charge in [0.05, 0.1) is 32.6 Å². The molecule has 7 aromatic rings. The van der Waals surface area contributed by atoms with E-state index in [0.29, 0.717) is 10.8 Å². The zero-order chi connectivity index (χ0) is 31.0. The summed E-state index contributed by atoms with van der Waals surface area (Å²) in [6, 6.07) is 16.6. The summed E-state index contributed by atoms with van der Waals surface area (Å²) in [7, 11) is -9.54. The van der Waals surface area contributed by atoms with Crippen LogP contribution in [0.3, 0.4) is 0 Å². The quantitative estimate of drug-likeness (QED) is 0.250. The van der Waals surface area contributed by atoms with Crippen molar-refractivity contribution >= 4 is 63.6 Å². The maximum absolute atomic E-state index is 13.1. The fraction of sp³-hybridized carbons (Fsp3) is 0. The monoisotopic (exact) mass is 630 g/mol. The van der Waals surface area contributed by atoms with Crippen molar-refractivity contribution in [2.75, 3.05) is 0 Å². The van der Waals surface area contributed by atoms with Gasteiger partial charge in [-0.2, -0.15) is 16.8 Å². The minimum atomic E-state index is -4.77. The number of pyridine rings is 2. The highest BCUT2D eigenvalue weighted by molar-refractivity contribution is 7.87. The van der Waals surface area contributed by atoms with Crippen molar-refractivity contribution in [3.63, 3.8) is 0 Å². The first kappa shape index (κ1) is 27.1. The molecule has 0 amide bonds. The number of para-hydroxylation sites is 2. The van der Waals surface area contributed by atoms with Gasteiger partial charge >= 0.3 is 20.2 Å². The molecule has 44 heavy (non-hydrogen) atoms. The molecule has 0 atom stereocenters. The molecule has 0 radical (unpaired) electrons. The van der Waals surface area contributed by atoms with E-state index in [2.05, 4.69) is 9.97 Å². The van der Waals surface area contributed by atoms with Gasteiger partial charge in [-0.05, 0) is 36.4 Å². The second-order valence-electron chi connectivity index (χ2n) is 9.47. The fourth-order valence-corrected chi connectivity index (χ4v) is 7.03. The molecule has 16 heteroatoms. The zero-order valence-electron chi connectivity index (χ0n) is 21.8. The van der Waals surface area contributed by atoms with E-state index in [1.165, 1.54) is 36.7 Å². The third kappa shape index (κ3) is 3.99. The van der Waals surface area contributed by atoms with Gasteiger partial charge < -0.3 is 0 Å². The number of rotatable bonds is 6. The van der Waals surface area contributed by atoms with E-state index in [0.717, 1.165) is 12.1 Å². The molecule has 0 fully saturated rings. The topological polar surface area (TPSA) is 191 Å². The van der Waals surface area contributed by atoms with Crippen LogP contribution >= 0.6 is 0 Å². The predicted octanol–water partition coefficient (Wildman–Crippen LogP) is 0.644. The smallest absolute Gasteiger partial charge is 0.277 e. The van der Waals surface area contributed by atoms with Crippen molar-refractivity contribution in [1.82, 2.24) is 19.4 Å². The number of aromatic nitrogens is 4. The Labute approximate surface area is 244 Å². The first-order chi connectivity index (χ1) is 21.0. The van der Waals surface area contributed by atoms with Gasteiger partial charge in [0, 0.05) is 23.2 Å². The van der Waals surface area contributed by atoms with E-state index >= 15 is 0 Å². The maximum atomic E-state index is 13.1. The molecule has 0 spiro atoms. The summed E-state index contributed by atoms with van der Waals surface area (Å²) in [6.07, 6.45) is 2.71. The molecule has 7 rings (SSSR count). The average Bonchev–Trinajstić information content (AvgIpc) is 3.38. The van der Waals surface area contributed by atoms with Crippen LogP contribution in [0.2, 0.25) is 0 Å². The largest absolute Gasteiger partial charge is 0.359 e. The van der Waals surface area contributed by atoms with Crippen molar-refractivity contribution in [3.8, 4) is 0 Å². The standard InChI is InChI=1S/C28H14N4O10S2/c33-25-17-13-19-20(28(36)32(27(19)35)42-44(39,40)22-10-2-6-16-8-4-12-30-24(16)22)14-18(17)26(34)31(25)41-43(37,38)21-9-1-5-15-7-3-11-29-23(15)21/h1-14H. The Bertz CT molecular complexity index is 2520. The lowest BCUT2D eigenvalue weighted by Gasteiger charge is -2.07. The third-order valence-electron chi connectivity index (χ3n) is 6.89. The van der Waals surface area contributed by atoms with E-state index < -0.39 is 73.8 Å².